The van der Waals surface area contributed by atoms with Crippen LogP contribution in [0, 0.1) is 16.4 Å². The van der Waals surface area contributed by atoms with Gasteiger partial charge in [0.1, 0.15) is 0 Å². The van der Waals surface area contributed by atoms with E-state index in [9.17, 15) is 13.2 Å². The molecule has 1 heterocycles. The Labute approximate surface area is 151 Å². The van der Waals surface area contributed by atoms with Gasteiger partial charge in [-0.25, -0.2) is 0 Å². The fourth-order valence-electron chi connectivity index (χ4n) is 2.60. The first-order chi connectivity index (χ1) is 10.7. The Kier molecular flexibility index (Phi) is 6.04. The van der Waals surface area contributed by atoms with Gasteiger partial charge in [-0.3, -0.25) is 4.79 Å². The van der Waals surface area contributed by atoms with Crippen LogP contribution in [0.2, 0.25) is 0 Å². The third-order valence-corrected chi connectivity index (χ3v) is 6.57. The van der Waals surface area contributed by atoms with Gasteiger partial charge in [0.2, 0.25) is 5.91 Å². The first-order valence-corrected chi connectivity index (χ1v) is 9.94. The molecule has 1 fully saturated rings. The van der Waals surface area contributed by atoms with Crippen LogP contribution in [-0.2, 0) is 15.0 Å². The number of piperidine rings is 1. The van der Waals surface area contributed by atoms with Gasteiger partial charge in [-0.2, -0.15) is 17.0 Å². The van der Waals surface area contributed by atoms with Crippen LogP contribution in [0.15, 0.2) is 18.2 Å². The summed E-state index contributed by atoms with van der Waals surface area (Å²) in [6, 6.07) is 5.82. The van der Waals surface area contributed by atoms with Crippen LogP contribution in [0.3, 0.4) is 0 Å². The zero-order chi connectivity index (χ0) is 17.2. The summed E-state index contributed by atoms with van der Waals surface area (Å²) >= 11 is 2.23. The number of hydrogen-bond donors (Lipinski definition) is 1. The van der Waals surface area contributed by atoms with E-state index in [1.807, 2.05) is 25.1 Å². The molecule has 1 aliphatic rings. The number of benzene rings is 1. The number of carbonyl (C=O) groups excluding carboxylic acids is 1. The lowest BCUT2D eigenvalue weighted by atomic mass is 9.98. The largest absolute Gasteiger partial charge is 0.326 e. The van der Waals surface area contributed by atoms with Crippen LogP contribution in [0.1, 0.15) is 18.4 Å². The second-order valence-electron chi connectivity index (χ2n) is 5.94. The highest BCUT2D eigenvalue weighted by Crippen LogP contribution is 2.23. The third kappa shape index (κ3) is 4.43. The maximum atomic E-state index is 12.5. The maximum Gasteiger partial charge on any atom is 0.281 e. The fourth-order valence-corrected chi connectivity index (χ4v) is 4.44. The summed E-state index contributed by atoms with van der Waals surface area (Å²) in [5, 5.41) is 2.93. The van der Waals surface area contributed by atoms with Crippen LogP contribution in [0.4, 0.5) is 5.69 Å². The zero-order valence-corrected chi connectivity index (χ0v) is 16.5. The van der Waals surface area contributed by atoms with E-state index in [0.717, 1.165) is 14.8 Å². The lowest BCUT2D eigenvalue weighted by Crippen LogP contribution is -2.47. The van der Waals surface area contributed by atoms with Crippen LogP contribution in [-0.4, -0.2) is 50.1 Å². The second kappa shape index (κ2) is 7.45. The normalized spacial score (nSPS) is 19.8. The van der Waals surface area contributed by atoms with Crippen LogP contribution in [0.25, 0.3) is 0 Å². The Bertz CT molecular complexity index is 691. The molecule has 6 nitrogen and oxygen atoms in total. The van der Waals surface area contributed by atoms with E-state index in [4.69, 9.17) is 0 Å². The van der Waals surface area contributed by atoms with Crippen molar-refractivity contribution in [2.45, 2.75) is 19.8 Å². The average Bonchev–Trinajstić information content (AvgIpc) is 2.50. The quantitative estimate of drug-likeness (QED) is 0.713. The van der Waals surface area contributed by atoms with Crippen molar-refractivity contribution in [3.8, 4) is 0 Å². The molecule has 0 aromatic heterocycles. The van der Waals surface area contributed by atoms with E-state index >= 15 is 0 Å². The number of aryl methyl sites for hydroxylation is 1. The molecule has 0 unspecified atom stereocenters. The van der Waals surface area contributed by atoms with E-state index in [1.165, 1.54) is 22.7 Å². The smallest absolute Gasteiger partial charge is 0.281 e. The van der Waals surface area contributed by atoms with Crippen molar-refractivity contribution in [2.24, 2.45) is 5.92 Å². The highest BCUT2D eigenvalue weighted by Gasteiger charge is 2.33. The molecule has 0 saturated carbocycles. The molecule has 128 valence electrons. The van der Waals surface area contributed by atoms with E-state index in [-0.39, 0.29) is 18.4 Å². The number of amides is 1. The number of rotatable bonds is 4. The summed E-state index contributed by atoms with van der Waals surface area (Å²) in [5.74, 6) is -0.440. The Hall–Kier alpha value is -0.710. The standard InChI is InChI=1S/C15H22IN3O3S/c1-11-9-13(16)6-7-14(11)17-15(20)12-5-4-8-19(10-12)23(21,22)18(2)3/h6-7,9,12H,4-5,8,10H2,1-3H3,(H,17,20)/t12-/m0/s1. The van der Waals surface area contributed by atoms with Crippen molar-refractivity contribution < 1.29 is 13.2 Å². The average molecular weight is 451 g/mol. The fraction of sp³-hybridized carbons (Fsp3) is 0.533. The first-order valence-electron chi connectivity index (χ1n) is 7.46. The molecule has 1 atom stereocenters. The molecule has 1 N–H and O–H groups in total. The van der Waals surface area contributed by atoms with Gasteiger partial charge < -0.3 is 5.32 Å². The number of carbonyl (C=O) groups is 1. The molecule has 0 aliphatic carbocycles. The molecule has 1 saturated heterocycles. The minimum atomic E-state index is -3.47. The minimum Gasteiger partial charge on any atom is -0.326 e. The Morgan fingerprint density at radius 2 is 2.09 bits per heavy atom. The van der Waals surface area contributed by atoms with Gasteiger partial charge in [-0.15, -0.1) is 0 Å². The van der Waals surface area contributed by atoms with Crippen LogP contribution < -0.4 is 5.32 Å². The van der Waals surface area contributed by atoms with Crippen LogP contribution >= 0.6 is 22.6 Å². The summed E-state index contributed by atoms with van der Waals surface area (Å²) in [5.41, 5.74) is 1.78. The van der Waals surface area contributed by atoms with Crippen molar-refractivity contribution in [2.75, 3.05) is 32.5 Å². The molecule has 1 aliphatic heterocycles. The van der Waals surface area contributed by atoms with Crippen molar-refractivity contribution in [3.05, 3.63) is 27.3 Å². The van der Waals surface area contributed by atoms with E-state index in [2.05, 4.69) is 27.9 Å². The van der Waals surface area contributed by atoms with E-state index in [1.54, 1.807) is 0 Å². The van der Waals surface area contributed by atoms with E-state index < -0.39 is 10.2 Å². The number of anilines is 1. The second-order valence-corrected chi connectivity index (χ2v) is 9.32. The molecular weight excluding hydrogens is 429 g/mol. The topological polar surface area (TPSA) is 69.7 Å². The van der Waals surface area contributed by atoms with Gasteiger partial charge in [-0.05, 0) is 66.1 Å². The number of nitrogens with one attached hydrogen (secondary N) is 1. The van der Waals surface area contributed by atoms with Gasteiger partial charge in [0.15, 0.2) is 0 Å². The highest BCUT2D eigenvalue weighted by molar-refractivity contribution is 14.1. The zero-order valence-electron chi connectivity index (χ0n) is 13.5. The third-order valence-electron chi connectivity index (χ3n) is 3.99. The number of nitrogens with zero attached hydrogens (tertiary/aromatic N) is 2. The molecular formula is C15H22IN3O3S. The molecule has 0 bridgehead atoms. The van der Waals surface area contributed by atoms with Crippen molar-refractivity contribution in [1.29, 1.82) is 0 Å². The molecule has 8 heteroatoms. The number of halogens is 1. The first kappa shape index (κ1) is 18.6. The SMILES string of the molecule is Cc1cc(I)ccc1NC(=O)[C@H]1CCCN(S(=O)(=O)N(C)C)C1. The van der Waals surface area contributed by atoms with Crippen molar-refractivity contribution in [3.63, 3.8) is 0 Å². The van der Waals surface area contributed by atoms with Gasteiger partial charge in [0.25, 0.3) is 10.2 Å². The number of hydrogen-bond acceptors (Lipinski definition) is 3. The monoisotopic (exact) mass is 451 g/mol. The Morgan fingerprint density at radius 1 is 1.39 bits per heavy atom. The van der Waals surface area contributed by atoms with Gasteiger partial charge >= 0.3 is 0 Å². The molecule has 1 aromatic carbocycles. The predicted octanol–water partition coefficient (Wildman–Crippen LogP) is 2.06. The molecule has 1 amide bonds. The molecule has 23 heavy (non-hydrogen) atoms. The summed E-state index contributed by atoms with van der Waals surface area (Å²) in [7, 11) is -0.452. The van der Waals surface area contributed by atoms with Crippen LogP contribution in [0.5, 0.6) is 0 Å². The van der Waals surface area contributed by atoms with Gasteiger partial charge in [0.05, 0.1) is 5.92 Å². The molecule has 0 spiro atoms. The summed E-state index contributed by atoms with van der Waals surface area (Å²) in [4.78, 5) is 12.5. The highest BCUT2D eigenvalue weighted by atomic mass is 127. The van der Waals surface area contributed by atoms with Crippen molar-refractivity contribution >= 4 is 44.4 Å². The van der Waals surface area contributed by atoms with Gasteiger partial charge in [0, 0.05) is 36.4 Å². The van der Waals surface area contributed by atoms with E-state index in [0.29, 0.717) is 19.4 Å². The molecule has 2 rings (SSSR count). The predicted molar refractivity (Wildman–Crippen MR) is 99.4 cm³/mol. The summed E-state index contributed by atoms with van der Waals surface area (Å²) < 4.78 is 28.1. The maximum absolute atomic E-state index is 12.5. The summed E-state index contributed by atoms with van der Waals surface area (Å²) in [6.45, 7) is 2.64. The molecule has 0 radical (unpaired) electrons. The summed E-state index contributed by atoms with van der Waals surface area (Å²) in [6.07, 6.45) is 1.39. The lowest BCUT2D eigenvalue weighted by molar-refractivity contribution is -0.120. The Morgan fingerprint density at radius 3 is 2.70 bits per heavy atom. The van der Waals surface area contributed by atoms with Crippen molar-refractivity contribution in [1.82, 2.24) is 8.61 Å². The Balaban J connectivity index is 2.08. The molecule has 1 aromatic rings. The minimum absolute atomic E-state index is 0.118. The van der Waals surface area contributed by atoms with Gasteiger partial charge in [-0.1, -0.05) is 0 Å². The lowest BCUT2D eigenvalue weighted by Gasteiger charge is -2.32.